The Labute approximate surface area is 223 Å². The van der Waals surface area contributed by atoms with Crippen LogP contribution in [0.15, 0.2) is 78.5 Å². The summed E-state index contributed by atoms with van der Waals surface area (Å²) in [5, 5.41) is 10.9. The molecule has 5 rings (SSSR count). The minimum atomic E-state index is -0.258. The average molecular weight is 524 g/mol. The number of hydrogen-bond donors (Lipinski definition) is 2. The van der Waals surface area contributed by atoms with E-state index in [0.717, 1.165) is 0 Å². The Morgan fingerprint density at radius 1 is 1.00 bits per heavy atom. The molecule has 196 valence electrons. The molecule has 0 aliphatic rings. The highest BCUT2D eigenvalue weighted by molar-refractivity contribution is 6.02. The van der Waals surface area contributed by atoms with Crippen LogP contribution in [0.1, 0.15) is 23.7 Å². The molecule has 4 heterocycles. The van der Waals surface area contributed by atoms with Crippen LogP contribution in [0.2, 0.25) is 0 Å². The minimum Gasteiger partial charge on any atom is -0.494 e. The summed E-state index contributed by atoms with van der Waals surface area (Å²) in [5.74, 6) is 1.96. The molecule has 1 aromatic carbocycles. The van der Waals surface area contributed by atoms with E-state index in [1.807, 2.05) is 18.2 Å². The zero-order valence-electron chi connectivity index (χ0n) is 21.5. The summed E-state index contributed by atoms with van der Waals surface area (Å²) in [4.78, 5) is 41.8. The first-order valence-corrected chi connectivity index (χ1v) is 12.1. The molecule has 0 spiro atoms. The van der Waals surface area contributed by atoms with Crippen molar-refractivity contribution in [3.05, 3.63) is 89.6 Å². The smallest absolute Gasteiger partial charge is 0.273 e. The number of aromatic nitrogens is 7. The van der Waals surface area contributed by atoms with Crippen molar-refractivity contribution in [3.63, 3.8) is 0 Å². The summed E-state index contributed by atoms with van der Waals surface area (Å²) in [5.41, 5.74) is 2.66. The average Bonchev–Trinajstić information content (AvgIpc) is 3.39. The highest BCUT2D eigenvalue weighted by Crippen LogP contribution is 2.37. The topological polar surface area (TPSA) is 142 Å². The minimum absolute atomic E-state index is 0.0664. The van der Waals surface area contributed by atoms with Crippen LogP contribution in [0.3, 0.4) is 0 Å². The molecular weight excluding hydrogens is 498 g/mol. The van der Waals surface area contributed by atoms with Gasteiger partial charge in [-0.2, -0.15) is 5.10 Å². The number of benzene rings is 1. The van der Waals surface area contributed by atoms with Crippen LogP contribution in [-0.4, -0.2) is 47.2 Å². The molecule has 4 aromatic heterocycles. The maximum absolute atomic E-state index is 12.7. The molecule has 5 aromatic rings. The number of ether oxygens (including phenoxy) is 1. The Morgan fingerprint density at radius 2 is 1.85 bits per heavy atom. The van der Waals surface area contributed by atoms with E-state index in [2.05, 4.69) is 35.7 Å². The third-order valence-electron chi connectivity index (χ3n) is 5.86. The molecule has 0 unspecified atom stereocenters. The van der Waals surface area contributed by atoms with Gasteiger partial charge in [0.1, 0.15) is 18.0 Å². The quantitative estimate of drug-likeness (QED) is 0.273. The van der Waals surface area contributed by atoms with Gasteiger partial charge in [0.25, 0.3) is 5.56 Å². The first-order valence-electron chi connectivity index (χ1n) is 12.1. The number of carbonyl (C=O) groups is 1. The number of pyridine rings is 2. The monoisotopic (exact) mass is 523 g/mol. The molecule has 0 bridgehead atoms. The largest absolute Gasteiger partial charge is 0.494 e. The molecule has 2 N–H and O–H groups in total. The molecule has 0 atom stereocenters. The first kappa shape index (κ1) is 25.3. The molecule has 0 radical (unpaired) electrons. The predicted octanol–water partition coefficient (Wildman–Crippen LogP) is 3.91. The van der Waals surface area contributed by atoms with Crippen LogP contribution in [-0.2, 0) is 7.05 Å². The third kappa shape index (κ3) is 5.34. The van der Waals surface area contributed by atoms with Gasteiger partial charge >= 0.3 is 0 Å². The molecule has 0 saturated carbocycles. The van der Waals surface area contributed by atoms with Crippen molar-refractivity contribution in [2.45, 2.75) is 13.3 Å². The lowest BCUT2D eigenvalue weighted by Crippen LogP contribution is -2.16. The van der Waals surface area contributed by atoms with Gasteiger partial charge in [-0.3, -0.25) is 23.8 Å². The summed E-state index contributed by atoms with van der Waals surface area (Å²) in [6, 6.07) is 10.8. The highest BCUT2D eigenvalue weighted by Gasteiger charge is 2.18. The van der Waals surface area contributed by atoms with Gasteiger partial charge in [-0.15, -0.1) is 0 Å². The van der Waals surface area contributed by atoms with Gasteiger partial charge in [0.2, 0.25) is 0 Å². The molecule has 0 aliphatic carbocycles. The Kier molecular flexibility index (Phi) is 7.08. The fraction of sp³-hybridized carbons (Fsp3) is 0.148. The van der Waals surface area contributed by atoms with E-state index in [-0.39, 0.29) is 11.3 Å². The van der Waals surface area contributed by atoms with Crippen molar-refractivity contribution >= 4 is 28.8 Å². The second kappa shape index (κ2) is 10.9. The Balaban J connectivity index is 1.46. The van der Waals surface area contributed by atoms with Crippen molar-refractivity contribution in [3.8, 4) is 22.8 Å². The van der Waals surface area contributed by atoms with Gasteiger partial charge in [0, 0.05) is 38.1 Å². The van der Waals surface area contributed by atoms with Gasteiger partial charge in [0.15, 0.2) is 17.4 Å². The van der Waals surface area contributed by atoms with Crippen LogP contribution in [0.4, 0.5) is 23.0 Å². The molecule has 39 heavy (non-hydrogen) atoms. The zero-order valence-corrected chi connectivity index (χ0v) is 21.5. The van der Waals surface area contributed by atoms with Gasteiger partial charge in [0.05, 0.1) is 47.7 Å². The molecule has 0 amide bonds. The maximum atomic E-state index is 12.7. The summed E-state index contributed by atoms with van der Waals surface area (Å²) in [6.45, 7) is 1.80. The lowest BCUT2D eigenvalue weighted by Gasteiger charge is -2.17. The van der Waals surface area contributed by atoms with Crippen LogP contribution in [0.5, 0.6) is 5.75 Å². The number of aryl methyl sites for hydroxylation is 1. The van der Waals surface area contributed by atoms with E-state index < -0.39 is 0 Å². The number of Topliss-reactive ketones (excluding diaryl/α,β-unsaturated/α-hetero) is 1. The van der Waals surface area contributed by atoms with Crippen LogP contribution >= 0.6 is 0 Å². The molecule has 0 aliphatic heterocycles. The number of nitrogens with zero attached hydrogens (tertiary/aromatic N) is 7. The van der Waals surface area contributed by atoms with Gasteiger partial charge in [-0.25, -0.2) is 15.0 Å². The Morgan fingerprint density at radius 3 is 2.54 bits per heavy atom. The highest BCUT2D eigenvalue weighted by atomic mass is 16.5. The van der Waals surface area contributed by atoms with Crippen molar-refractivity contribution < 1.29 is 9.53 Å². The molecule has 12 nitrogen and oxygen atoms in total. The third-order valence-corrected chi connectivity index (χ3v) is 5.86. The summed E-state index contributed by atoms with van der Waals surface area (Å²) >= 11 is 0. The fourth-order valence-electron chi connectivity index (χ4n) is 3.97. The first-order chi connectivity index (χ1) is 19.0. The van der Waals surface area contributed by atoms with Gasteiger partial charge < -0.3 is 15.4 Å². The van der Waals surface area contributed by atoms with Crippen molar-refractivity contribution in [1.29, 1.82) is 0 Å². The van der Waals surface area contributed by atoms with E-state index >= 15 is 0 Å². The molecular formula is C27H25N9O3. The Hall–Kier alpha value is -5.39. The van der Waals surface area contributed by atoms with Crippen LogP contribution < -0.4 is 20.9 Å². The summed E-state index contributed by atoms with van der Waals surface area (Å²) in [6.07, 6.45) is 9.36. The number of rotatable bonds is 9. The lowest BCUT2D eigenvalue weighted by molar-refractivity contribution is 0.0988. The predicted molar refractivity (Wildman–Crippen MR) is 146 cm³/mol. The van der Waals surface area contributed by atoms with Crippen molar-refractivity contribution in [1.82, 2.24) is 34.3 Å². The van der Waals surface area contributed by atoms with Gasteiger partial charge in [-0.1, -0.05) is 13.0 Å². The normalized spacial score (nSPS) is 10.7. The number of anilines is 4. The molecule has 12 heteroatoms. The van der Waals surface area contributed by atoms with Crippen molar-refractivity contribution in [2.75, 3.05) is 17.7 Å². The van der Waals surface area contributed by atoms with E-state index in [1.165, 1.54) is 23.2 Å². The SMILES string of the molecule is CCC(=O)c1cnc(Nc2ccc(-n3ccncc3=O)cn2)cc1Nc1cccc(-c2ncn(C)n2)c1OC. The maximum Gasteiger partial charge on any atom is 0.273 e. The van der Waals surface area contributed by atoms with E-state index in [4.69, 9.17) is 4.74 Å². The van der Waals surface area contributed by atoms with Crippen LogP contribution in [0.25, 0.3) is 17.1 Å². The van der Waals surface area contributed by atoms with E-state index in [0.29, 0.717) is 57.8 Å². The van der Waals surface area contributed by atoms with E-state index in [1.54, 1.807) is 62.7 Å². The number of methoxy groups -OCH3 is 1. The number of ketones is 1. The number of nitrogens with one attached hydrogen (secondary N) is 2. The van der Waals surface area contributed by atoms with Crippen molar-refractivity contribution in [2.24, 2.45) is 7.05 Å². The number of carbonyl (C=O) groups excluding carboxylic acids is 1. The summed E-state index contributed by atoms with van der Waals surface area (Å²) < 4.78 is 8.77. The van der Waals surface area contributed by atoms with E-state index in [9.17, 15) is 9.59 Å². The molecule has 0 saturated heterocycles. The molecule has 0 fully saturated rings. The second-order valence-corrected chi connectivity index (χ2v) is 8.46. The second-order valence-electron chi connectivity index (χ2n) is 8.46. The fourth-order valence-corrected chi connectivity index (χ4v) is 3.97. The standard InChI is InChI=1S/C27H25N9O3/c1-4-22(37)19-14-30-24(33-23-9-8-17(13-29-23)36-11-10-28-15-25(36)38)12-21(19)32-20-7-5-6-18(26(20)39-3)27-31-16-35(2)34-27/h5-16H,4H2,1-3H3,(H2,29,30,32,33). The van der Waals surface area contributed by atoms with Gasteiger partial charge in [-0.05, 0) is 24.3 Å². The number of hydrogen-bond acceptors (Lipinski definition) is 10. The zero-order chi connectivity index (χ0) is 27.4. The number of para-hydroxylation sites is 1. The van der Waals surface area contributed by atoms with Crippen LogP contribution in [0, 0.1) is 0 Å². The Bertz CT molecular complexity index is 1690. The lowest BCUT2D eigenvalue weighted by atomic mass is 10.1. The summed E-state index contributed by atoms with van der Waals surface area (Å²) in [7, 11) is 3.36.